The Morgan fingerprint density at radius 3 is 2.81 bits per heavy atom. The third-order valence-corrected chi connectivity index (χ3v) is 5.72. The summed E-state index contributed by atoms with van der Waals surface area (Å²) >= 11 is 1.45. The van der Waals surface area contributed by atoms with Gasteiger partial charge in [-0.25, -0.2) is 0 Å². The molecule has 0 spiro atoms. The molecule has 2 aliphatic carbocycles. The highest BCUT2D eigenvalue weighted by atomic mass is 32.2. The van der Waals surface area contributed by atoms with Gasteiger partial charge in [0.15, 0.2) is 0 Å². The zero-order chi connectivity index (χ0) is 14.4. The molecule has 2 fully saturated rings. The molecule has 21 heavy (non-hydrogen) atoms. The Hall–Kier alpha value is -1.49. The van der Waals surface area contributed by atoms with Gasteiger partial charge in [0, 0.05) is 4.90 Å². The largest absolute Gasteiger partial charge is 0.459 e. The number of benzene rings is 1. The van der Waals surface area contributed by atoms with Crippen molar-refractivity contribution in [2.45, 2.75) is 47.9 Å². The number of para-hydroxylation sites is 1. The molecule has 1 aromatic carbocycles. The van der Waals surface area contributed by atoms with Gasteiger partial charge >= 0.3 is 5.97 Å². The van der Waals surface area contributed by atoms with Crippen molar-refractivity contribution in [3.63, 3.8) is 0 Å². The van der Waals surface area contributed by atoms with Crippen LogP contribution in [0.5, 0.6) is 0 Å². The summed E-state index contributed by atoms with van der Waals surface area (Å²) in [4.78, 5) is 25.2. The van der Waals surface area contributed by atoms with Crippen molar-refractivity contribution in [1.29, 1.82) is 0 Å². The number of anilines is 1. The molecule has 2 saturated carbocycles. The molecule has 110 valence electrons. The van der Waals surface area contributed by atoms with Crippen molar-refractivity contribution in [3.8, 4) is 0 Å². The number of nitrogens with one attached hydrogen (secondary N) is 1. The first kappa shape index (κ1) is 13.2. The van der Waals surface area contributed by atoms with E-state index in [1.165, 1.54) is 24.6 Å². The van der Waals surface area contributed by atoms with Crippen LogP contribution in [-0.2, 0) is 14.3 Å². The van der Waals surface area contributed by atoms with Crippen LogP contribution >= 0.6 is 11.8 Å². The number of hydrogen-bond acceptors (Lipinski definition) is 4. The molecule has 5 heteroatoms. The van der Waals surface area contributed by atoms with Gasteiger partial charge in [-0.05, 0) is 43.7 Å². The van der Waals surface area contributed by atoms with Gasteiger partial charge < -0.3 is 10.1 Å². The molecule has 1 amide bonds. The number of carbonyl (C=O) groups excluding carboxylic acids is 2. The molecule has 0 aromatic heterocycles. The third kappa shape index (κ3) is 2.55. The zero-order valence-electron chi connectivity index (χ0n) is 11.6. The second-order valence-corrected chi connectivity index (χ2v) is 7.35. The fourth-order valence-corrected chi connectivity index (χ4v) is 4.07. The molecule has 3 aliphatic rings. The van der Waals surface area contributed by atoms with Gasteiger partial charge in [0.05, 0.1) is 17.4 Å². The maximum absolute atomic E-state index is 12.1. The van der Waals surface area contributed by atoms with Gasteiger partial charge in [-0.2, -0.15) is 0 Å². The van der Waals surface area contributed by atoms with E-state index in [1.807, 2.05) is 24.3 Å². The van der Waals surface area contributed by atoms with E-state index >= 15 is 0 Å². The monoisotopic (exact) mass is 303 g/mol. The molecule has 1 aliphatic heterocycles. The molecular weight excluding hydrogens is 286 g/mol. The van der Waals surface area contributed by atoms with Crippen LogP contribution in [0.1, 0.15) is 32.1 Å². The lowest BCUT2D eigenvalue weighted by atomic mass is 10.2. The first-order valence-electron chi connectivity index (χ1n) is 7.45. The molecule has 0 saturated heterocycles. The van der Waals surface area contributed by atoms with E-state index in [1.54, 1.807) is 0 Å². The second-order valence-electron chi connectivity index (χ2n) is 6.11. The van der Waals surface area contributed by atoms with Gasteiger partial charge in [0.25, 0.3) is 0 Å². The van der Waals surface area contributed by atoms with Crippen LogP contribution in [-0.4, -0.2) is 22.7 Å². The van der Waals surface area contributed by atoms with Crippen molar-refractivity contribution in [2.24, 2.45) is 5.92 Å². The highest BCUT2D eigenvalue weighted by Crippen LogP contribution is 2.56. The Balaban J connectivity index is 1.40. The number of ether oxygens (including phenoxy) is 1. The lowest BCUT2D eigenvalue weighted by Crippen LogP contribution is -2.33. The normalized spacial score (nSPS) is 25.7. The van der Waals surface area contributed by atoms with Crippen molar-refractivity contribution < 1.29 is 14.3 Å². The van der Waals surface area contributed by atoms with Gasteiger partial charge in [0.2, 0.25) is 5.91 Å². The minimum atomic E-state index is -0.387. The lowest BCUT2D eigenvalue weighted by molar-refractivity contribution is -0.153. The standard InChI is InChI=1S/C16H17NO3S/c18-14(20-16(7-8-16)10-5-6-10)9-13-15(19)17-11-3-1-2-4-12(11)21-13/h1-4,10,13H,5-9H2,(H,17,19). The Morgan fingerprint density at radius 2 is 2.10 bits per heavy atom. The minimum absolute atomic E-state index is 0.105. The first-order chi connectivity index (χ1) is 10.2. The molecule has 1 unspecified atom stereocenters. The molecule has 1 N–H and O–H groups in total. The molecular formula is C16H17NO3S. The quantitative estimate of drug-likeness (QED) is 0.869. The van der Waals surface area contributed by atoms with Crippen LogP contribution in [0.3, 0.4) is 0 Å². The van der Waals surface area contributed by atoms with E-state index in [0.717, 1.165) is 23.4 Å². The van der Waals surface area contributed by atoms with Crippen molar-refractivity contribution in [1.82, 2.24) is 0 Å². The average molecular weight is 303 g/mol. The molecule has 4 nitrogen and oxygen atoms in total. The number of esters is 1. The summed E-state index contributed by atoms with van der Waals surface area (Å²) in [5, 5.41) is 2.47. The predicted octanol–water partition coefficient (Wildman–Crippen LogP) is 2.98. The molecule has 0 bridgehead atoms. The van der Waals surface area contributed by atoms with E-state index in [4.69, 9.17) is 4.74 Å². The predicted molar refractivity (Wildman–Crippen MR) is 80.1 cm³/mol. The number of hydrogen-bond donors (Lipinski definition) is 1. The second kappa shape index (κ2) is 4.77. The maximum atomic E-state index is 12.1. The highest BCUT2D eigenvalue weighted by molar-refractivity contribution is 8.01. The van der Waals surface area contributed by atoms with Gasteiger partial charge in [-0.3, -0.25) is 9.59 Å². The maximum Gasteiger partial charge on any atom is 0.308 e. The fourth-order valence-electron chi connectivity index (χ4n) is 2.97. The molecule has 1 aromatic rings. The highest BCUT2D eigenvalue weighted by Gasteiger charge is 2.57. The zero-order valence-corrected chi connectivity index (χ0v) is 12.4. The Morgan fingerprint density at radius 1 is 1.33 bits per heavy atom. The Bertz CT molecular complexity index is 607. The molecule has 4 rings (SSSR count). The van der Waals surface area contributed by atoms with E-state index in [0.29, 0.717) is 5.92 Å². The SMILES string of the molecule is O=C(CC1Sc2ccccc2NC1=O)OC1(C2CC2)CC1. The van der Waals surface area contributed by atoms with Crippen LogP contribution in [0.4, 0.5) is 5.69 Å². The van der Waals surface area contributed by atoms with Gasteiger partial charge in [-0.15, -0.1) is 11.8 Å². The first-order valence-corrected chi connectivity index (χ1v) is 8.33. The van der Waals surface area contributed by atoms with E-state index < -0.39 is 0 Å². The van der Waals surface area contributed by atoms with Crippen LogP contribution in [0.15, 0.2) is 29.2 Å². The van der Waals surface area contributed by atoms with Crippen LogP contribution in [0.2, 0.25) is 0 Å². The summed E-state index contributed by atoms with van der Waals surface area (Å²) in [7, 11) is 0. The number of carbonyl (C=O) groups is 2. The summed E-state index contributed by atoms with van der Waals surface area (Å²) in [6, 6.07) is 7.66. The number of amides is 1. The Kier molecular flexibility index (Phi) is 2.99. The number of rotatable bonds is 4. The molecule has 0 radical (unpaired) electrons. The summed E-state index contributed by atoms with van der Waals surface area (Å²) < 4.78 is 5.68. The molecule has 1 heterocycles. The van der Waals surface area contributed by atoms with E-state index in [2.05, 4.69) is 5.32 Å². The fraction of sp³-hybridized carbons (Fsp3) is 0.500. The smallest absolute Gasteiger partial charge is 0.308 e. The molecule has 1 atom stereocenters. The van der Waals surface area contributed by atoms with Crippen LogP contribution in [0.25, 0.3) is 0 Å². The summed E-state index contributed by atoms with van der Waals surface area (Å²) in [5.41, 5.74) is 0.666. The average Bonchev–Trinajstić information content (AvgIpc) is 3.33. The van der Waals surface area contributed by atoms with Crippen LogP contribution in [0, 0.1) is 5.92 Å². The number of fused-ring (bicyclic) bond motifs is 1. The van der Waals surface area contributed by atoms with E-state index in [-0.39, 0.29) is 29.1 Å². The summed E-state index contributed by atoms with van der Waals surface area (Å²) in [6.45, 7) is 0. The summed E-state index contributed by atoms with van der Waals surface area (Å²) in [5.74, 6) is 0.244. The van der Waals surface area contributed by atoms with Crippen LogP contribution < -0.4 is 5.32 Å². The van der Waals surface area contributed by atoms with Crippen molar-refractivity contribution >= 4 is 29.3 Å². The number of thioether (sulfide) groups is 1. The summed E-state index contributed by atoms with van der Waals surface area (Å²) in [6.07, 6.45) is 4.50. The third-order valence-electron chi connectivity index (χ3n) is 4.44. The topological polar surface area (TPSA) is 55.4 Å². The van der Waals surface area contributed by atoms with Crippen molar-refractivity contribution in [2.75, 3.05) is 5.32 Å². The minimum Gasteiger partial charge on any atom is -0.459 e. The Labute approximate surface area is 127 Å². The van der Waals surface area contributed by atoms with E-state index in [9.17, 15) is 9.59 Å². The van der Waals surface area contributed by atoms with Gasteiger partial charge in [0.1, 0.15) is 5.60 Å². The van der Waals surface area contributed by atoms with Gasteiger partial charge in [-0.1, -0.05) is 12.1 Å². The lowest BCUT2D eigenvalue weighted by Gasteiger charge is -2.24. The van der Waals surface area contributed by atoms with Crippen molar-refractivity contribution in [3.05, 3.63) is 24.3 Å².